The van der Waals surface area contributed by atoms with E-state index >= 15 is 0 Å². The van der Waals surface area contributed by atoms with Crippen molar-refractivity contribution in [2.45, 2.75) is 10.1 Å². The van der Waals surface area contributed by atoms with E-state index in [0.717, 1.165) is 21.6 Å². The number of fused-ring (bicyclic) bond motifs is 6. The van der Waals surface area contributed by atoms with Crippen molar-refractivity contribution in [1.29, 1.82) is 0 Å². The summed E-state index contributed by atoms with van der Waals surface area (Å²) in [6, 6.07) is 32.1. The molecule has 0 aliphatic rings. The van der Waals surface area contributed by atoms with Crippen molar-refractivity contribution in [2.24, 2.45) is 0 Å². The highest BCUT2D eigenvalue weighted by molar-refractivity contribution is 8.76. The molecular formula is C38H24N2O8S2. The Bertz CT molecular complexity index is 2570. The molecule has 0 aliphatic carbocycles. The van der Waals surface area contributed by atoms with Crippen LogP contribution in [-0.4, -0.2) is 35.3 Å². The second kappa shape index (κ2) is 12.5. The molecule has 0 N–H and O–H groups in total. The molecule has 0 spiro atoms. The fourth-order valence-corrected chi connectivity index (χ4v) is 8.88. The highest BCUT2D eigenvalue weighted by Crippen LogP contribution is 2.49. The summed E-state index contributed by atoms with van der Waals surface area (Å²) < 4.78 is 25.9. The average Bonchev–Trinajstić information content (AvgIpc) is 3.66. The van der Waals surface area contributed by atoms with E-state index < -0.39 is 23.2 Å². The minimum Gasteiger partial charge on any atom is -0.465 e. The van der Waals surface area contributed by atoms with Crippen LogP contribution in [0.2, 0.25) is 0 Å². The maximum Gasteiger partial charge on any atom is 0.345 e. The van der Waals surface area contributed by atoms with Gasteiger partial charge in [0.05, 0.1) is 35.8 Å². The van der Waals surface area contributed by atoms with E-state index in [1.807, 2.05) is 60.7 Å². The Morgan fingerprint density at radius 2 is 0.860 bits per heavy atom. The van der Waals surface area contributed by atoms with Crippen molar-refractivity contribution in [3.63, 3.8) is 0 Å². The first-order chi connectivity index (χ1) is 24.4. The van der Waals surface area contributed by atoms with Crippen LogP contribution in [-0.2, 0) is 9.47 Å². The summed E-state index contributed by atoms with van der Waals surface area (Å²) in [4.78, 5) is 54.1. The lowest BCUT2D eigenvalue weighted by atomic mass is 10.1. The summed E-state index contributed by atoms with van der Waals surface area (Å²) in [5.41, 5.74) is 0.732. The number of esters is 2. The highest BCUT2D eigenvalue weighted by Gasteiger charge is 2.33. The molecule has 0 bridgehead atoms. The number of hydrogen-bond donors (Lipinski definition) is 0. The molecule has 0 amide bonds. The zero-order valence-electron chi connectivity index (χ0n) is 26.4. The van der Waals surface area contributed by atoms with Gasteiger partial charge in [-0.15, -0.1) is 0 Å². The number of carbonyl (C=O) groups excluding carboxylic acids is 2. The average molecular weight is 701 g/mol. The monoisotopic (exact) mass is 700 g/mol. The standard InChI is InChI=1S/C38H24N2O8S2/c1-45-37(43)29-27-23-17-9-11-19-25(23)35(41)47-31(27)39(21-13-5-3-6-14-21)33(29)49-50-34-30(38(44)46-2)28-24-18-10-12-20-26(24)36(42)48-32(28)40(34)22-15-7-4-8-16-22/h3-20H,1-2H3. The van der Waals surface area contributed by atoms with Crippen molar-refractivity contribution in [3.8, 4) is 11.4 Å². The van der Waals surface area contributed by atoms with Gasteiger partial charge in [-0.1, -0.05) is 72.8 Å². The number of aromatic nitrogens is 2. The molecule has 8 rings (SSSR count). The number of ether oxygens (including phenoxy) is 2. The van der Waals surface area contributed by atoms with Crippen LogP contribution in [0.1, 0.15) is 20.7 Å². The molecular weight excluding hydrogens is 677 g/mol. The lowest BCUT2D eigenvalue weighted by Gasteiger charge is -2.13. The van der Waals surface area contributed by atoms with Gasteiger partial charge in [0.1, 0.15) is 21.2 Å². The predicted molar refractivity (Wildman–Crippen MR) is 193 cm³/mol. The Kier molecular flexibility index (Phi) is 7.81. The summed E-state index contributed by atoms with van der Waals surface area (Å²) in [6.07, 6.45) is 0. The number of carbonyl (C=O) groups is 2. The van der Waals surface area contributed by atoms with Gasteiger partial charge in [-0.05, 0) is 58.0 Å². The maximum atomic E-state index is 13.8. The fraction of sp³-hybridized carbons (Fsp3) is 0.0526. The zero-order valence-corrected chi connectivity index (χ0v) is 28.0. The van der Waals surface area contributed by atoms with E-state index in [2.05, 4.69) is 0 Å². The largest absolute Gasteiger partial charge is 0.465 e. The molecule has 246 valence electrons. The van der Waals surface area contributed by atoms with Gasteiger partial charge < -0.3 is 18.3 Å². The Hall–Kier alpha value is -5.98. The van der Waals surface area contributed by atoms with Crippen molar-refractivity contribution < 1.29 is 27.9 Å². The van der Waals surface area contributed by atoms with Crippen molar-refractivity contribution in [3.05, 3.63) is 141 Å². The molecule has 0 atom stereocenters. The highest BCUT2D eigenvalue weighted by atomic mass is 33.1. The third kappa shape index (κ3) is 4.83. The number of para-hydroxylation sites is 2. The Morgan fingerprint density at radius 3 is 1.22 bits per heavy atom. The van der Waals surface area contributed by atoms with Gasteiger partial charge in [0, 0.05) is 22.1 Å². The quantitative estimate of drug-likeness (QED) is 0.119. The van der Waals surface area contributed by atoms with Crippen LogP contribution in [0, 0.1) is 0 Å². The second-order valence-corrected chi connectivity index (χ2v) is 13.2. The molecule has 0 fully saturated rings. The molecule has 0 saturated heterocycles. The van der Waals surface area contributed by atoms with E-state index in [0.29, 0.717) is 53.7 Å². The van der Waals surface area contributed by atoms with Gasteiger partial charge in [0.15, 0.2) is 0 Å². The van der Waals surface area contributed by atoms with Gasteiger partial charge in [-0.3, -0.25) is 9.13 Å². The van der Waals surface area contributed by atoms with Crippen LogP contribution in [0.3, 0.4) is 0 Å². The molecule has 0 aliphatic heterocycles. The predicted octanol–water partition coefficient (Wildman–Crippen LogP) is 8.16. The number of rotatable bonds is 7. The molecule has 4 heterocycles. The lowest BCUT2D eigenvalue weighted by molar-refractivity contribution is 0.0589. The van der Waals surface area contributed by atoms with E-state index in [-0.39, 0.29) is 22.6 Å². The van der Waals surface area contributed by atoms with E-state index in [1.54, 1.807) is 57.7 Å². The molecule has 0 saturated carbocycles. The van der Waals surface area contributed by atoms with Crippen LogP contribution < -0.4 is 11.3 Å². The van der Waals surface area contributed by atoms with Gasteiger partial charge in [-0.2, -0.15) is 0 Å². The maximum absolute atomic E-state index is 13.8. The topological polar surface area (TPSA) is 123 Å². The lowest BCUT2D eigenvalue weighted by Crippen LogP contribution is -2.05. The Balaban J connectivity index is 1.47. The second-order valence-electron chi connectivity index (χ2n) is 11.1. The van der Waals surface area contributed by atoms with Crippen LogP contribution in [0.15, 0.2) is 138 Å². The third-order valence-corrected chi connectivity index (χ3v) is 10.8. The summed E-state index contributed by atoms with van der Waals surface area (Å²) in [6.45, 7) is 0. The normalized spacial score (nSPS) is 11.5. The minimum atomic E-state index is -0.652. The van der Waals surface area contributed by atoms with Crippen LogP contribution >= 0.6 is 21.6 Å². The summed E-state index contributed by atoms with van der Waals surface area (Å²) in [7, 11) is 4.87. The first-order valence-corrected chi connectivity index (χ1v) is 17.4. The van der Waals surface area contributed by atoms with E-state index in [4.69, 9.17) is 18.3 Å². The Labute approximate surface area is 290 Å². The van der Waals surface area contributed by atoms with Crippen molar-refractivity contribution >= 4 is 77.3 Å². The first kappa shape index (κ1) is 31.3. The van der Waals surface area contributed by atoms with Gasteiger partial charge in [0.2, 0.25) is 11.4 Å². The van der Waals surface area contributed by atoms with Crippen LogP contribution in [0.5, 0.6) is 0 Å². The first-order valence-electron chi connectivity index (χ1n) is 15.3. The molecule has 10 nitrogen and oxygen atoms in total. The molecule has 50 heavy (non-hydrogen) atoms. The van der Waals surface area contributed by atoms with E-state index in [1.165, 1.54) is 14.2 Å². The number of hydrogen-bond acceptors (Lipinski definition) is 10. The third-order valence-electron chi connectivity index (χ3n) is 8.39. The molecule has 12 heteroatoms. The van der Waals surface area contributed by atoms with Gasteiger partial charge >= 0.3 is 23.2 Å². The molecule has 8 aromatic rings. The van der Waals surface area contributed by atoms with Crippen molar-refractivity contribution in [1.82, 2.24) is 9.13 Å². The summed E-state index contributed by atoms with van der Waals surface area (Å²) in [5.74, 6) is -1.30. The smallest absolute Gasteiger partial charge is 0.345 e. The van der Waals surface area contributed by atoms with Crippen molar-refractivity contribution in [2.75, 3.05) is 14.2 Å². The SMILES string of the molecule is COC(=O)c1c(SSc2c(C(=O)OC)c3c4ccccc4c(=O)oc3n2-c2ccccc2)n(-c2ccccc2)c2oc(=O)c3ccccc3c12. The molecule has 0 radical (unpaired) electrons. The molecule has 4 aromatic carbocycles. The van der Waals surface area contributed by atoms with Gasteiger partial charge in [0.25, 0.3) is 0 Å². The van der Waals surface area contributed by atoms with Crippen LogP contribution in [0.4, 0.5) is 0 Å². The zero-order chi connectivity index (χ0) is 34.5. The number of methoxy groups -OCH3 is 2. The van der Waals surface area contributed by atoms with Crippen LogP contribution in [0.25, 0.3) is 55.1 Å². The number of nitrogens with zero attached hydrogens (tertiary/aromatic N) is 2. The molecule has 0 unspecified atom stereocenters. The fourth-order valence-electron chi connectivity index (χ4n) is 6.24. The minimum absolute atomic E-state index is 0.150. The number of benzene rings is 4. The Morgan fingerprint density at radius 1 is 0.520 bits per heavy atom. The van der Waals surface area contributed by atoms with Gasteiger partial charge in [-0.25, -0.2) is 19.2 Å². The molecule has 4 aromatic heterocycles. The van der Waals surface area contributed by atoms with E-state index in [9.17, 15) is 19.2 Å². The summed E-state index contributed by atoms with van der Waals surface area (Å²) >= 11 is 0. The summed E-state index contributed by atoms with van der Waals surface area (Å²) in [5, 5.41) is 3.17.